The normalized spacial score (nSPS) is 15.6. The van der Waals surface area contributed by atoms with Gasteiger partial charge in [-0.15, -0.1) is 0 Å². The maximum atomic E-state index is 12.6. The minimum Gasteiger partial charge on any atom is -0.379 e. The Morgan fingerprint density at radius 1 is 1.26 bits per heavy atom. The van der Waals surface area contributed by atoms with Crippen molar-refractivity contribution in [3.8, 4) is 0 Å². The first-order valence-corrected chi connectivity index (χ1v) is 10.8. The summed E-state index contributed by atoms with van der Waals surface area (Å²) in [6.45, 7) is 3.89. The maximum absolute atomic E-state index is 12.6. The number of anilines is 1. The van der Waals surface area contributed by atoms with Crippen molar-refractivity contribution in [1.82, 2.24) is 14.1 Å². The number of morpholine rings is 1. The number of carbonyl (C=O) groups is 1. The van der Waals surface area contributed by atoms with Crippen LogP contribution in [-0.2, 0) is 26.1 Å². The highest BCUT2D eigenvalue weighted by molar-refractivity contribution is 9.10. The monoisotopic (exact) mass is 456 g/mol. The summed E-state index contributed by atoms with van der Waals surface area (Å²) < 4.78 is 34.4. The van der Waals surface area contributed by atoms with E-state index in [-0.39, 0.29) is 17.2 Å². The molecule has 10 heteroatoms. The predicted octanol–water partition coefficient (Wildman–Crippen LogP) is 2.00. The molecule has 0 spiro atoms. The zero-order chi connectivity index (χ0) is 19.4. The van der Waals surface area contributed by atoms with E-state index in [9.17, 15) is 13.2 Å². The number of nitrogens with one attached hydrogen (secondary N) is 1. The van der Waals surface area contributed by atoms with Gasteiger partial charge in [0.15, 0.2) is 0 Å². The molecule has 27 heavy (non-hydrogen) atoms. The Bertz CT molecular complexity index is 906. The fraction of sp³-hybridized carbons (Fsp3) is 0.412. The van der Waals surface area contributed by atoms with Crippen LogP contribution in [0.25, 0.3) is 0 Å². The van der Waals surface area contributed by atoms with Crippen molar-refractivity contribution >= 4 is 37.5 Å². The van der Waals surface area contributed by atoms with Gasteiger partial charge in [0.2, 0.25) is 15.9 Å². The summed E-state index contributed by atoms with van der Waals surface area (Å²) in [6.07, 6.45) is 1.96. The number of hydrogen-bond acceptors (Lipinski definition) is 5. The molecule has 1 aromatic heterocycles. The lowest BCUT2D eigenvalue weighted by Crippen LogP contribution is -2.40. The van der Waals surface area contributed by atoms with Crippen LogP contribution < -0.4 is 5.32 Å². The summed E-state index contributed by atoms with van der Waals surface area (Å²) in [5.74, 6) is -0.162. The third kappa shape index (κ3) is 4.75. The van der Waals surface area contributed by atoms with Gasteiger partial charge < -0.3 is 10.1 Å². The Hall–Kier alpha value is -1.75. The Balaban J connectivity index is 1.58. The summed E-state index contributed by atoms with van der Waals surface area (Å²) in [4.78, 5) is 12.3. The lowest BCUT2D eigenvalue weighted by atomic mass is 10.3. The molecule has 146 valence electrons. The van der Waals surface area contributed by atoms with Gasteiger partial charge in [0, 0.05) is 30.9 Å². The van der Waals surface area contributed by atoms with Crippen LogP contribution in [0.5, 0.6) is 0 Å². The standard InChI is InChI=1S/C17H21BrN4O4S/c1-13-16(18)12-19-22(13)7-6-17(23)20-14-2-4-15(5-3-14)27(24,25)21-8-10-26-11-9-21/h2-5,12H,6-11H2,1H3,(H,20,23). The minimum atomic E-state index is -3.53. The molecule has 1 N–H and O–H groups in total. The molecule has 0 saturated carbocycles. The highest BCUT2D eigenvalue weighted by Gasteiger charge is 2.26. The summed E-state index contributed by atoms with van der Waals surface area (Å²) in [6, 6.07) is 6.21. The first-order valence-electron chi connectivity index (χ1n) is 8.53. The quantitative estimate of drug-likeness (QED) is 0.717. The average molecular weight is 457 g/mol. The van der Waals surface area contributed by atoms with E-state index in [4.69, 9.17) is 4.74 Å². The molecule has 3 rings (SSSR count). The Labute approximate surface area is 166 Å². The van der Waals surface area contributed by atoms with Crippen LogP contribution in [-0.4, -0.2) is 54.7 Å². The van der Waals surface area contributed by atoms with Crippen LogP contribution >= 0.6 is 15.9 Å². The van der Waals surface area contributed by atoms with E-state index < -0.39 is 10.0 Å². The number of hydrogen-bond donors (Lipinski definition) is 1. The van der Waals surface area contributed by atoms with Gasteiger partial charge in [-0.25, -0.2) is 8.42 Å². The van der Waals surface area contributed by atoms with Crippen LogP contribution in [0, 0.1) is 6.92 Å². The second kappa shape index (κ2) is 8.51. The van der Waals surface area contributed by atoms with Gasteiger partial charge >= 0.3 is 0 Å². The SMILES string of the molecule is Cc1c(Br)cnn1CCC(=O)Nc1ccc(S(=O)(=O)N2CCOCC2)cc1. The molecule has 1 aliphatic heterocycles. The largest absolute Gasteiger partial charge is 0.379 e. The van der Waals surface area contributed by atoms with Crippen molar-refractivity contribution in [3.63, 3.8) is 0 Å². The van der Waals surface area contributed by atoms with Crippen molar-refractivity contribution < 1.29 is 17.9 Å². The number of amides is 1. The molecule has 1 amide bonds. The predicted molar refractivity (Wildman–Crippen MR) is 104 cm³/mol. The van der Waals surface area contributed by atoms with Crippen LogP contribution in [0.4, 0.5) is 5.69 Å². The van der Waals surface area contributed by atoms with Crippen LogP contribution in [0.2, 0.25) is 0 Å². The van der Waals surface area contributed by atoms with Crippen LogP contribution in [0.1, 0.15) is 12.1 Å². The summed E-state index contributed by atoms with van der Waals surface area (Å²) >= 11 is 3.38. The topological polar surface area (TPSA) is 93.5 Å². The smallest absolute Gasteiger partial charge is 0.243 e. The van der Waals surface area contributed by atoms with Crippen molar-refractivity contribution in [3.05, 3.63) is 40.6 Å². The molecule has 0 bridgehead atoms. The van der Waals surface area contributed by atoms with E-state index in [1.165, 1.54) is 16.4 Å². The molecular weight excluding hydrogens is 436 g/mol. The number of rotatable bonds is 6. The zero-order valence-corrected chi connectivity index (χ0v) is 17.3. The van der Waals surface area contributed by atoms with Crippen molar-refractivity contribution in [2.75, 3.05) is 31.6 Å². The van der Waals surface area contributed by atoms with E-state index in [2.05, 4.69) is 26.3 Å². The van der Waals surface area contributed by atoms with E-state index in [0.717, 1.165) is 10.2 Å². The molecule has 1 aromatic carbocycles. The van der Waals surface area contributed by atoms with Crippen molar-refractivity contribution in [2.45, 2.75) is 24.8 Å². The molecule has 0 unspecified atom stereocenters. The zero-order valence-electron chi connectivity index (χ0n) is 14.9. The molecule has 2 heterocycles. The molecule has 2 aromatic rings. The molecule has 1 saturated heterocycles. The average Bonchev–Trinajstić information content (AvgIpc) is 2.99. The Kier molecular flexibility index (Phi) is 6.30. The fourth-order valence-corrected chi connectivity index (χ4v) is 4.43. The van der Waals surface area contributed by atoms with E-state index >= 15 is 0 Å². The molecular formula is C17H21BrN4O4S. The van der Waals surface area contributed by atoms with Gasteiger partial charge in [0.05, 0.1) is 35.3 Å². The number of nitrogens with zero attached hydrogens (tertiary/aromatic N) is 3. The van der Waals surface area contributed by atoms with Crippen molar-refractivity contribution in [1.29, 1.82) is 0 Å². The van der Waals surface area contributed by atoms with Gasteiger partial charge in [-0.2, -0.15) is 9.40 Å². The maximum Gasteiger partial charge on any atom is 0.243 e. The third-order valence-electron chi connectivity index (χ3n) is 4.34. The van der Waals surface area contributed by atoms with Gasteiger partial charge in [0.1, 0.15) is 0 Å². The van der Waals surface area contributed by atoms with E-state index in [1.807, 2.05) is 6.92 Å². The molecule has 8 nitrogen and oxygen atoms in total. The Morgan fingerprint density at radius 3 is 2.52 bits per heavy atom. The number of aryl methyl sites for hydroxylation is 1. The van der Waals surface area contributed by atoms with Gasteiger partial charge in [-0.05, 0) is 47.1 Å². The highest BCUT2D eigenvalue weighted by Crippen LogP contribution is 2.20. The molecule has 1 fully saturated rings. The lowest BCUT2D eigenvalue weighted by Gasteiger charge is -2.26. The third-order valence-corrected chi connectivity index (χ3v) is 7.03. The van der Waals surface area contributed by atoms with Crippen molar-refractivity contribution in [2.24, 2.45) is 0 Å². The van der Waals surface area contributed by atoms with Gasteiger partial charge in [0.25, 0.3) is 0 Å². The number of sulfonamides is 1. The highest BCUT2D eigenvalue weighted by atomic mass is 79.9. The molecule has 0 atom stereocenters. The van der Waals surface area contributed by atoms with Crippen LogP contribution in [0.3, 0.4) is 0 Å². The summed E-state index contributed by atoms with van der Waals surface area (Å²) in [7, 11) is -3.53. The lowest BCUT2D eigenvalue weighted by molar-refractivity contribution is -0.116. The minimum absolute atomic E-state index is 0.162. The Morgan fingerprint density at radius 2 is 1.93 bits per heavy atom. The summed E-state index contributed by atoms with van der Waals surface area (Å²) in [5.41, 5.74) is 1.51. The van der Waals surface area contributed by atoms with Gasteiger partial charge in [-0.3, -0.25) is 9.48 Å². The number of ether oxygens (including phenoxy) is 1. The number of benzene rings is 1. The molecule has 0 aliphatic carbocycles. The number of carbonyl (C=O) groups excluding carboxylic acids is 1. The number of aromatic nitrogens is 2. The van der Waals surface area contributed by atoms with Gasteiger partial charge in [-0.1, -0.05) is 0 Å². The molecule has 0 radical (unpaired) electrons. The summed E-state index contributed by atoms with van der Waals surface area (Å²) in [5, 5.41) is 6.96. The first-order chi connectivity index (χ1) is 12.9. The second-order valence-electron chi connectivity index (χ2n) is 6.14. The number of halogens is 1. The van der Waals surface area contributed by atoms with E-state index in [0.29, 0.717) is 38.5 Å². The first kappa shape index (κ1) is 20.0. The fourth-order valence-electron chi connectivity index (χ4n) is 2.73. The van der Waals surface area contributed by atoms with Crippen LogP contribution in [0.15, 0.2) is 39.8 Å². The van der Waals surface area contributed by atoms with E-state index in [1.54, 1.807) is 23.0 Å². The molecule has 1 aliphatic rings. The second-order valence-corrected chi connectivity index (χ2v) is 8.93.